The van der Waals surface area contributed by atoms with Crippen LogP contribution in [-0.4, -0.2) is 0 Å². The predicted molar refractivity (Wildman–Crippen MR) is 397 cm³/mol. The molecule has 8 nitrogen and oxygen atoms in total. The van der Waals surface area contributed by atoms with Gasteiger partial charge in [-0.1, -0.05) is 18.2 Å². The molecule has 8 heterocycles. The van der Waals surface area contributed by atoms with E-state index in [1.54, 1.807) is 19.9 Å². The second-order valence-corrected chi connectivity index (χ2v) is 28.3. The first-order chi connectivity index (χ1) is 49.1. The third kappa shape index (κ3) is 12.2. The second kappa shape index (κ2) is 26.7. The zero-order valence-electron chi connectivity index (χ0n) is 62.0. The number of pyridine rings is 4. The molecule has 0 radical (unpaired) electrons. The maximum absolute atomic E-state index is 14.9. The minimum Gasteiger partial charge on any atom is -0.455 e. The maximum Gasteiger partial charge on any atom is 0.216 e. The lowest BCUT2D eigenvalue weighted by Crippen LogP contribution is -2.31. The van der Waals surface area contributed by atoms with Crippen molar-refractivity contribution in [3.8, 4) is 45.0 Å². The fourth-order valence-corrected chi connectivity index (χ4v) is 14.7. The van der Waals surface area contributed by atoms with Crippen LogP contribution in [0.4, 0.5) is 35.1 Å². The summed E-state index contributed by atoms with van der Waals surface area (Å²) in [5, 5.41) is 4.10. The van der Waals surface area contributed by atoms with E-state index in [0.717, 1.165) is 90.0 Å². The van der Waals surface area contributed by atoms with Crippen LogP contribution in [0.25, 0.3) is 133 Å². The van der Waals surface area contributed by atoms with Gasteiger partial charge >= 0.3 is 0 Å². The molecule has 528 valence electrons. The summed E-state index contributed by atoms with van der Waals surface area (Å²) in [7, 11) is 7.88. The van der Waals surface area contributed by atoms with Crippen molar-refractivity contribution in [2.45, 2.75) is 111 Å². The standard InChI is InChI=1S/4C22H20F2NO/c1-11-8-18(25(5)10-14(11)4)20-13(3)7-17(24)21-15-6-12(2)16(23)9-19(15)26-22(20)21;1-11-8-17(25(5)10-14(11)4)19-13(3)7-16(24)21-20-12(2)6-15(23)9-18(20)26-22(19)21;1-11-7-17(25(5)10-14(11)4)19-12(2)6-13(3)20-21-16(24)8-15(23)9-18(21)26-22(19)20;1-11-6-7-15-20-18(9-16(23)14(4)21(20)24)26-22(15)19(11)17-8-12(2)13(3)10-25(17)5/h4*6-10H,1-5H3/q4*+1. The van der Waals surface area contributed by atoms with Crippen LogP contribution in [0.15, 0.2) is 140 Å². The number of furan rings is 4. The van der Waals surface area contributed by atoms with Crippen LogP contribution < -0.4 is 18.3 Å². The summed E-state index contributed by atoms with van der Waals surface area (Å²) in [6, 6.07) is 26.4. The summed E-state index contributed by atoms with van der Waals surface area (Å²) in [6.07, 6.45) is 8.23. The van der Waals surface area contributed by atoms with E-state index >= 15 is 0 Å². The van der Waals surface area contributed by atoms with E-state index in [1.165, 1.54) is 82.8 Å². The van der Waals surface area contributed by atoms with Crippen LogP contribution in [0.2, 0.25) is 0 Å². The molecule has 0 fully saturated rings. The number of rotatable bonds is 4. The Morgan fingerprint density at radius 1 is 0.240 bits per heavy atom. The largest absolute Gasteiger partial charge is 0.455 e. The van der Waals surface area contributed by atoms with Gasteiger partial charge in [-0.25, -0.2) is 53.4 Å². The van der Waals surface area contributed by atoms with Gasteiger partial charge < -0.3 is 17.7 Å². The monoisotopic (exact) mass is 1410 g/mol. The van der Waals surface area contributed by atoms with Crippen molar-refractivity contribution in [1.29, 1.82) is 0 Å². The highest BCUT2D eigenvalue weighted by Gasteiger charge is 2.30. The third-order valence-electron chi connectivity index (χ3n) is 20.7. The number of fused-ring (bicyclic) bond motifs is 12. The van der Waals surface area contributed by atoms with Gasteiger partial charge in [0, 0.05) is 104 Å². The van der Waals surface area contributed by atoms with Crippen LogP contribution in [0.1, 0.15) is 89.0 Å². The van der Waals surface area contributed by atoms with E-state index in [4.69, 9.17) is 17.7 Å². The normalized spacial score (nSPS) is 11.7. The fraction of sp³-hybridized carbons (Fsp3) is 0.227. The Hall–Kier alpha value is -11.0. The molecule has 0 N–H and O–H groups in total. The summed E-state index contributed by atoms with van der Waals surface area (Å²) in [5.41, 5.74) is 25.7. The first-order valence-corrected chi connectivity index (χ1v) is 34.3. The smallest absolute Gasteiger partial charge is 0.216 e. The topological polar surface area (TPSA) is 68.1 Å². The lowest BCUT2D eigenvalue weighted by molar-refractivity contribution is -0.660. The van der Waals surface area contributed by atoms with E-state index in [-0.39, 0.29) is 40.0 Å². The van der Waals surface area contributed by atoms with Gasteiger partial charge in [-0.05, 0) is 196 Å². The van der Waals surface area contributed by atoms with Gasteiger partial charge in [0.05, 0.1) is 43.8 Å². The van der Waals surface area contributed by atoms with E-state index in [1.807, 2.05) is 126 Å². The highest BCUT2D eigenvalue weighted by Crippen LogP contribution is 2.45. The molecular weight excluding hydrogens is 1330 g/mol. The lowest BCUT2D eigenvalue weighted by Gasteiger charge is -2.09. The molecule has 0 aliphatic rings. The number of halogens is 8. The quantitative estimate of drug-likeness (QED) is 0.130. The Morgan fingerprint density at radius 2 is 0.615 bits per heavy atom. The zero-order chi connectivity index (χ0) is 75.0. The molecule has 0 amide bonds. The molecule has 0 aliphatic heterocycles. The van der Waals surface area contributed by atoms with Crippen molar-refractivity contribution < 1.29 is 71.1 Å². The molecule has 0 bridgehead atoms. The Kier molecular flexibility index (Phi) is 18.3. The highest BCUT2D eigenvalue weighted by molar-refractivity contribution is 6.14. The molecule has 0 unspecified atom stereocenters. The Bertz CT molecular complexity index is 6160. The molecule has 0 saturated heterocycles. The summed E-state index contributed by atoms with van der Waals surface area (Å²) in [4.78, 5) is 0. The fourth-order valence-electron chi connectivity index (χ4n) is 14.7. The number of nitrogens with zero attached hydrogens (tertiary/aromatic N) is 4. The number of benzene rings is 8. The van der Waals surface area contributed by atoms with Gasteiger partial charge in [0.1, 0.15) is 108 Å². The first-order valence-electron chi connectivity index (χ1n) is 34.3. The van der Waals surface area contributed by atoms with Crippen LogP contribution in [0, 0.1) is 157 Å². The van der Waals surface area contributed by atoms with Crippen molar-refractivity contribution in [2.24, 2.45) is 28.2 Å². The molecule has 0 aliphatic carbocycles. The van der Waals surface area contributed by atoms with Gasteiger partial charge in [0.25, 0.3) is 0 Å². The minimum absolute atomic E-state index is 0.0130. The molecule has 0 atom stereocenters. The van der Waals surface area contributed by atoms with Crippen molar-refractivity contribution in [2.75, 3.05) is 0 Å². The van der Waals surface area contributed by atoms with Gasteiger partial charge in [0.2, 0.25) is 22.8 Å². The molecule has 16 heteroatoms. The van der Waals surface area contributed by atoms with Gasteiger partial charge in [-0.3, -0.25) is 0 Å². The molecule has 8 aromatic heterocycles. The van der Waals surface area contributed by atoms with Crippen molar-refractivity contribution in [1.82, 2.24) is 0 Å². The van der Waals surface area contributed by atoms with Gasteiger partial charge in [-0.15, -0.1) is 0 Å². The average Bonchev–Trinajstić information content (AvgIpc) is 1.58. The molecule has 104 heavy (non-hydrogen) atoms. The molecule has 0 spiro atoms. The van der Waals surface area contributed by atoms with Crippen LogP contribution in [0.5, 0.6) is 0 Å². The van der Waals surface area contributed by atoms with Crippen LogP contribution in [0.3, 0.4) is 0 Å². The number of aryl methyl sites for hydroxylation is 19. The number of aromatic nitrogens is 4. The Labute approximate surface area is 597 Å². The SMILES string of the molecule is Cc1cc(-c2c(C)cc(C)c3c2oc2cc(F)cc(F)c23)[n+](C)cc1C.Cc1cc(-c2c(C)cc(F)c3c2oc2cc(F)c(C)cc23)[n+](C)cc1C.Cc1cc(-c2c(C)cc(F)c3c2oc2cc(F)cc(C)c23)[n+](C)cc1C.Cc1cc(-c2c(C)ccc3c2oc2cc(F)c(C)c(F)c23)[n+](C)cc1C. The van der Waals surface area contributed by atoms with E-state index < -0.39 is 23.3 Å². The lowest BCUT2D eigenvalue weighted by atomic mass is 9.96. The minimum atomic E-state index is -0.637. The van der Waals surface area contributed by atoms with Crippen LogP contribution >= 0.6 is 0 Å². The number of hydrogen-bond acceptors (Lipinski definition) is 4. The highest BCUT2D eigenvalue weighted by atomic mass is 19.2. The molecule has 0 saturated carbocycles. The predicted octanol–water partition coefficient (Wildman–Crippen LogP) is 22.4. The summed E-state index contributed by atoms with van der Waals surface area (Å²) in [6.45, 7) is 31.0. The third-order valence-corrected chi connectivity index (χ3v) is 20.7. The first kappa shape index (κ1) is 71.4. The van der Waals surface area contributed by atoms with Crippen molar-refractivity contribution in [3.05, 3.63) is 257 Å². The maximum atomic E-state index is 14.9. The van der Waals surface area contributed by atoms with E-state index in [9.17, 15) is 35.1 Å². The Morgan fingerprint density at radius 3 is 1.12 bits per heavy atom. The summed E-state index contributed by atoms with van der Waals surface area (Å²) in [5.74, 6) is -3.82. The van der Waals surface area contributed by atoms with Gasteiger partial charge in [0.15, 0.2) is 36.0 Å². The molecule has 8 aromatic carbocycles. The average molecular weight is 1410 g/mol. The molecule has 16 rings (SSSR count). The van der Waals surface area contributed by atoms with Crippen LogP contribution in [-0.2, 0) is 28.2 Å². The van der Waals surface area contributed by atoms with Crippen molar-refractivity contribution in [3.63, 3.8) is 0 Å². The van der Waals surface area contributed by atoms with E-state index in [2.05, 4.69) is 78.2 Å². The second-order valence-electron chi connectivity index (χ2n) is 28.3. The summed E-state index contributed by atoms with van der Waals surface area (Å²) < 4.78 is 146. The number of hydrogen-bond donors (Lipinski definition) is 0. The van der Waals surface area contributed by atoms with Gasteiger partial charge in [-0.2, -0.15) is 0 Å². The molecule has 16 aromatic rings. The Balaban J connectivity index is 0.000000123. The molecular formula is C88H80F8N4O4+4. The van der Waals surface area contributed by atoms with Crippen molar-refractivity contribution >= 4 is 87.8 Å². The van der Waals surface area contributed by atoms with E-state index in [0.29, 0.717) is 87.7 Å². The zero-order valence-corrected chi connectivity index (χ0v) is 62.0. The summed E-state index contributed by atoms with van der Waals surface area (Å²) >= 11 is 0.